The SMILES string of the molecule is Cn1ccc2c(NC(=O)c3cc4c(F)cccc4[nH]3)cccc21. The summed E-state index contributed by atoms with van der Waals surface area (Å²) in [5.41, 5.74) is 2.70. The van der Waals surface area contributed by atoms with Crippen molar-refractivity contribution in [1.29, 1.82) is 0 Å². The summed E-state index contributed by atoms with van der Waals surface area (Å²) in [6.07, 6.45) is 1.94. The molecule has 0 aliphatic rings. The number of hydrogen-bond donors (Lipinski definition) is 2. The van der Waals surface area contributed by atoms with Gasteiger partial charge in [-0.3, -0.25) is 4.79 Å². The summed E-state index contributed by atoms with van der Waals surface area (Å²) in [5.74, 6) is -0.639. The van der Waals surface area contributed by atoms with Gasteiger partial charge in [0.15, 0.2) is 0 Å². The third-order valence-corrected chi connectivity index (χ3v) is 4.03. The largest absolute Gasteiger partial charge is 0.350 e. The summed E-state index contributed by atoms with van der Waals surface area (Å²) in [6.45, 7) is 0. The number of carbonyl (C=O) groups excluding carboxylic acids is 1. The zero-order chi connectivity index (χ0) is 16.0. The van der Waals surface area contributed by atoms with Gasteiger partial charge in [-0.1, -0.05) is 12.1 Å². The van der Waals surface area contributed by atoms with Crippen molar-refractivity contribution in [1.82, 2.24) is 9.55 Å². The first-order chi connectivity index (χ1) is 11.1. The molecule has 5 heteroatoms. The van der Waals surface area contributed by atoms with Crippen LogP contribution in [0.1, 0.15) is 10.5 Å². The molecule has 0 unspecified atom stereocenters. The summed E-state index contributed by atoms with van der Waals surface area (Å²) in [5, 5.41) is 4.27. The molecule has 0 atom stereocenters. The average Bonchev–Trinajstić information content (AvgIpc) is 3.13. The summed E-state index contributed by atoms with van der Waals surface area (Å²) in [6, 6.07) is 14.0. The molecule has 1 amide bonds. The highest BCUT2D eigenvalue weighted by atomic mass is 19.1. The Labute approximate surface area is 131 Å². The number of H-pyrrole nitrogens is 1. The van der Waals surface area contributed by atoms with Crippen LogP contribution < -0.4 is 5.32 Å². The zero-order valence-corrected chi connectivity index (χ0v) is 12.4. The molecule has 0 radical (unpaired) electrons. The van der Waals surface area contributed by atoms with E-state index in [1.807, 2.05) is 42.1 Å². The third-order valence-electron chi connectivity index (χ3n) is 4.03. The van der Waals surface area contributed by atoms with Gasteiger partial charge in [0.25, 0.3) is 5.91 Å². The molecule has 0 fully saturated rings. The Balaban J connectivity index is 1.72. The van der Waals surface area contributed by atoms with E-state index in [0.717, 1.165) is 16.6 Å². The van der Waals surface area contributed by atoms with Crippen molar-refractivity contribution in [3.8, 4) is 0 Å². The highest BCUT2D eigenvalue weighted by molar-refractivity contribution is 6.09. The van der Waals surface area contributed by atoms with E-state index in [2.05, 4.69) is 10.3 Å². The number of anilines is 1. The fourth-order valence-corrected chi connectivity index (χ4v) is 2.84. The fraction of sp³-hybridized carbons (Fsp3) is 0.0556. The lowest BCUT2D eigenvalue weighted by atomic mass is 10.2. The van der Waals surface area contributed by atoms with Crippen LogP contribution in [0.3, 0.4) is 0 Å². The van der Waals surface area contributed by atoms with Crippen LogP contribution in [0.25, 0.3) is 21.8 Å². The molecule has 0 aliphatic heterocycles. The lowest BCUT2D eigenvalue weighted by Gasteiger charge is -2.06. The Morgan fingerprint density at radius 1 is 1.13 bits per heavy atom. The van der Waals surface area contributed by atoms with Crippen LogP contribution in [-0.2, 0) is 7.05 Å². The van der Waals surface area contributed by atoms with Gasteiger partial charge in [0.05, 0.1) is 5.69 Å². The smallest absolute Gasteiger partial charge is 0.272 e. The minimum absolute atomic E-state index is 0.294. The van der Waals surface area contributed by atoms with Gasteiger partial charge >= 0.3 is 0 Å². The van der Waals surface area contributed by atoms with E-state index in [1.54, 1.807) is 12.1 Å². The summed E-state index contributed by atoms with van der Waals surface area (Å²) < 4.78 is 15.7. The number of benzene rings is 2. The minimum atomic E-state index is -0.344. The first-order valence-electron chi connectivity index (χ1n) is 7.26. The minimum Gasteiger partial charge on any atom is -0.350 e. The number of aromatic amines is 1. The number of aromatic nitrogens is 2. The van der Waals surface area contributed by atoms with Crippen LogP contribution in [-0.4, -0.2) is 15.5 Å². The number of fused-ring (bicyclic) bond motifs is 2. The highest BCUT2D eigenvalue weighted by Gasteiger charge is 2.13. The molecule has 2 N–H and O–H groups in total. The lowest BCUT2D eigenvalue weighted by Crippen LogP contribution is -2.12. The number of rotatable bonds is 2. The van der Waals surface area contributed by atoms with E-state index >= 15 is 0 Å². The predicted octanol–water partition coefficient (Wildman–Crippen LogP) is 4.05. The second kappa shape index (κ2) is 4.98. The van der Waals surface area contributed by atoms with Gasteiger partial charge in [0.2, 0.25) is 0 Å². The maximum absolute atomic E-state index is 13.7. The van der Waals surface area contributed by atoms with Crippen LogP contribution in [0.15, 0.2) is 54.7 Å². The van der Waals surface area contributed by atoms with Crippen molar-refractivity contribution in [2.45, 2.75) is 0 Å². The van der Waals surface area contributed by atoms with Gasteiger partial charge in [0, 0.05) is 35.1 Å². The molecule has 23 heavy (non-hydrogen) atoms. The number of hydrogen-bond acceptors (Lipinski definition) is 1. The number of amides is 1. The van der Waals surface area contributed by atoms with Gasteiger partial charge in [0.1, 0.15) is 11.5 Å². The average molecular weight is 307 g/mol. The van der Waals surface area contributed by atoms with E-state index in [1.165, 1.54) is 12.1 Å². The van der Waals surface area contributed by atoms with E-state index in [4.69, 9.17) is 0 Å². The van der Waals surface area contributed by atoms with Gasteiger partial charge in [-0.05, 0) is 36.4 Å². The van der Waals surface area contributed by atoms with Crippen molar-refractivity contribution in [2.75, 3.05) is 5.32 Å². The first-order valence-corrected chi connectivity index (χ1v) is 7.26. The fourth-order valence-electron chi connectivity index (χ4n) is 2.84. The molecule has 2 aromatic carbocycles. The molecule has 114 valence electrons. The number of aryl methyl sites for hydroxylation is 1. The normalized spacial score (nSPS) is 11.2. The Hall–Kier alpha value is -3.08. The number of nitrogens with one attached hydrogen (secondary N) is 2. The molecular weight excluding hydrogens is 293 g/mol. The molecule has 0 aliphatic carbocycles. The molecule has 0 saturated carbocycles. The molecule has 0 saturated heterocycles. The van der Waals surface area contributed by atoms with Crippen LogP contribution in [0.4, 0.5) is 10.1 Å². The second-order valence-electron chi connectivity index (χ2n) is 5.50. The molecule has 4 rings (SSSR count). The molecular formula is C18H14FN3O. The van der Waals surface area contributed by atoms with E-state index in [-0.39, 0.29) is 11.7 Å². The van der Waals surface area contributed by atoms with Crippen molar-refractivity contribution in [3.05, 3.63) is 66.2 Å². The molecule has 0 spiro atoms. The van der Waals surface area contributed by atoms with E-state index in [9.17, 15) is 9.18 Å². The highest BCUT2D eigenvalue weighted by Crippen LogP contribution is 2.25. The topological polar surface area (TPSA) is 49.8 Å². The van der Waals surface area contributed by atoms with Crippen LogP contribution in [0, 0.1) is 5.82 Å². The zero-order valence-electron chi connectivity index (χ0n) is 12.4. The van der Waals surface area contributed by atoms with Crippen molar-refractivity contribution < 1.29 is 9.18 Å². The Bertz CT molecular complexity index is 1040. The second-order valence-corrected chi connectivity index (χ2v) is 5.50. The summed E-state index contributed by atoms with van der Waals surface area (Å²) in [7, 11) is 1.95. The number of nitrogens with zero attached hydrogens (tertiary/aromatic N) is 1. The quantitative estimate of drug-likeness (QED) is 0.576. The summed E-state index contributed by atoms with van der Waals surface area (Å²) in [4.78, 5) is 15.4. The maximum atomic E-state index is 13.7. The predicted molar refractivity (Wildman–Crippen MR) is 89.1 cm³/mol. The molecule has 4 aromatic rings. The molecule has 4 nitrogen and oxygen atoms in total. The van der Waals surface area contributed by atoms with Gasteiger partial charge in [-0.15, -0.1) is 0 Å². The molecule has 0 bridgehead atoms. The van der Waals surface area contributed by atoms with Gasteiger partial charge in [-0.25, -0.2) is 4.39 Å². The van der Waals surface area contributed by atoms with Crippen LogP contribution in [0.2, 0.25) is 0 Å². The molecule has 2 aromatic heterocycles. The summed E-state index contributed by atoms with van der Waals surface area (Å²) >= 11 is 0. The number of halogens is 1. The third kappa shape index (κ3) is 2.17. The van der Waals surface area contributed by atoms with E-state index in [0.29, 0.717) is 16.6 Å². The lowest BCUT2D eigenvalue weighted by molar-refractivity contribution is 0.102. The Kier molecular flexibility index (Phi) is 2.94. The van der Waals surface area contributed by atoms with Crippen molar-refractivity contribution >= 4 is 33.4 Å². The standard InChI is InChI=1S/C18H14FN3O/c1-22-9-8-11-14(6-3-7-17(11)22)21-18(23)16-10-12-13(19)4-2-5-15(12)20-16/h2-10,20H,1H3,(H,21,23). The van der Waals surface area contributed by atoms with Crippen LogP contribution >= 0.6 is 0 Å². The van der Waals surface area contributed by atoms with Crippen molar-refractivity contribution in [2.24, 2.45) is 7.05 Å². The van der Waals surface area contributed by atoms with E-state index < -0.39 is 0 Å². The van der Waals surface area contributed by atoms with Crippen LogP contribution in [0.5, 0.6) is 0 Å². The molecule has 2 heterocycles. The van der Waals surface area contributed by atoms with Gasteiger partial charge < -0.3 is 14.9 Å². The first kappa shape index (κ1) is 13.6. The number of carbonyl (C=O) groups is 1. The van der Waals surface area contributed by atoms with Gasteiger partial charge in [-0.2, -0.15) is 0 Å². The monoisotopic (exact) mass is 307 g/mol. The van der Waals surface area contributed by atoms with Crippen molar-refractivity contribution in [3.63, 3.8) is 0 Å². The Morgan fingerprint density at radius 3 is 2.78 bits per heavy atom. The maximum Gasteiger partial charge on any atom is 0.272 e. The Morgan fingerprint density at radius 2 is 1.96 bits per heavy atom.